The molecule has 8 heteroatoms. The summed E-state index contributed by atoms with van der Waals surface area (Å²) in [5.74, 6) is 0.304. The first kappa shape index (κ1) is 17.2. The predicted octanol–water partition coefficient (Wildman–Crippen LogP) is 2.84. The lowest BCUT2D eigenvalue weighted by Crippen LogP contribution is -2.50. The van der Waals surface area contributed by atoms with E-state index >= 15 is 0 Å². The van der Waals surface area contributed by atoms with Crippen LogP contribution in [0, 0.1) is 5.82 Å². The zero-order valence-corrected chi connectivity index (χ0v) is 15.4. The Bertz CT molecular complexity index is 758. The van der Waals surface area contributed by atoms with Gasteiger partial charge in [-0.1, -0.05) is 23.5 Å². The van der Waals surface area contributed by atoms with Crippen LogP contribution in [-0.4, -0.2) is 47.2 Å². The molecule has 2 N–H and O–H groups in total. The van der Waals surface area contributed by atoms with E-state index in [1.54, 1.807) is 28.8 Å². The van der Waals surface area contributed by atoms with E-state index in [2.05, 4.69) is 4.98 Å². The topological polar surface area (TPSA) is 62.5 Å². The summed E-state index contributed by atoms with van der Waals surface area (Å²) in [5.41, 5.74) is 7.36. The van der Waals surface area contributed by atoms with Gasteiger partial charge in [0.2, 0.25) is 0 Å². The molecule has 1 amide bonds. The third kappa shape index (κ3) is 3.13. The van der Waals surface area contributed by atoms with Crippen molar-refractivity contribution in [1.29, 1.82) is 0 Å². The van der Waals surface area contributed by atoms with Crippen molar-refractivity contribution in [2.24, 2.45) is 5.73 Å². The number of nitrogens with two attached hydrogens (primary N) is 1. The second-order valence-corrected chi connectivity index (χ2v) is 8.44. The number of hydrogen-bond acceptors (Lipinski definition) is 6. The third-order valence-electron chi connectivity index (χ3n) is 3.80. The number of halogens is 1. The van der Waals surface area contributed by atoms with Crippen molar-refractivity contribution in [2.75, 3.05) is 31.3 Å². The van der Waals surface area contributed by atoms with Gasteiger partial charge in [-0.3, -0.25) is 4.79 Å². The molecule has 1 fully saturated rings. The number of benzene rings is 1. The van der Waals surface area contributed by atoms with Crippen molar-refractivity contribution in [3.8, 4) is 10.4 Å². The van der Waals surface area contributed by atoms with E-state index in [0.717, 1.165) is 21.3 Å². The molecule has 128 valence electrons. The summed E-state index contributed by atoms with van der Waals surface area (Å²) in [5, 5.41) is 0.725. The Labute approximate surface area is 148 Å². The van der Waals surface area contributed by atoms with Crippen molar-refractivity contribution >= 4 is 34.1 Å². The Morgan fingerprint density at radius 3 is 2.58 bits per heavy atom. The zero-order valence-electron chi connectivity index (χ0n) is 13.7. The molecule has 24 heavy (non-hydrogen) atoms. The quantitative estimate of drug-likeness (QED) is 0.905. The van der Waals surface area contributed by atoms with Gasteiger partial charge in [0.15, 0.2) is 5.13 Å². The summed E-state index contributed by atoms with van der Waals surface area (Å²) in [6.07, 6.45) is 0. The maximum atomic E-state index is 13.2. The van der Waals surface area contributed by atoms with Gasteiger partial charge in [0.25, 0.3) is 5.91 Å². The standard InChI is InChI=1S/C16H19FN4OS2/c1-16(18)21(8-9-23-16)14(22)12-13(24-15(19-12)20(2)3)10-4-6-11(17)7-5-10/h4-7H,8-9,18H2,1-3H3. The van der Waals surface area contributed by atoms with Crippen LogP contribution in [0.4, 0.5) is 9.52 Å². The number of amides is 1. The third-order valence-corrected chi connectivity index (χ3v) is 6.26. The van der Waals surface area contributed by atoms with Crippen LogP contribution in [-0.2, 0) is 0 Å². The molecule has 0 radical (unpaired) electrons. The van der Waals surface area contributed by atoms with Crippen LogP contribution < -0.4 is 10.6 Å². The van der Waals surface area contributed by atoms with Crippen LogP contribution in [0.5, 0.6) is 0 Å². The van der Waals surface area contributed by atoms with Gasteiger partial charge < -0.3 is 15.5 Å². The predicted molar refractivity (Wildman–Crippen MR) is 97.9 cm³/mol. The van der Waals surface area contributed by atoms with Crippen LogP contribution in [0.15, 0.2) is 24.3 Å². The van der Waals surface area contributed by atoms with E-state index in [9.17, 15) is 9.18 Å². The summed E-state index contributed by atoms with van der Waals surface area (Å²) in [7, 11) is 3.75. The maximum absolute atomic E-state index is 13.2. The Balaban J connectivity index is 2.06. The number of nitrogens with zero attached hydrogens (tertiary/aromatic N) is 3. The zero-order chi connectivity index (χ0) is 17.5. The number of rotatable bonds is 3. The summed E-state index contributed by atoms with van der Waals surface area (Å²) in [6.45, 7) is 2.42. The Kier molecular flexibility index (Phi) is 4.54. The van der Waals surface area contributed by atoms with Gasteiger partial charge in [-0.05, 0) is 24.6 Å². The van der Waals surface area contributed by atoms with Gasteiger partial charge in [-0.2, -0.15) is 0 Å². The molecule has 1 unspecified atom stereocenters. The lowest BCUT2D eigenvalue weighted by atomic mass is 10.1. The number of anilines is 1. The van der Waals surface area contributed by atoms with Gasteiger partial charge in [-0.15, -0.1) is 11.8 Å². The minimum absolute atomic E-state index is 0.186. The molecular weight excluding hydrogens is 347 g/mol. The molecule has 0 aliphatic carbocycles. The first-order valence-corrected chi connectivity index (χ1v) is 9.28. The molecule has 2 heterocycles. The van der Waals surface area contributed by atoms with Crippen molar-refractivity contribution in [1.82, 2.24) is 9.88 Å². The van der Waals surface area contributed by atoms with Crippen LogP contribution in [0.1, 0.15) is 17.4 Å². The minimum atomic E-state index is -0.737. The van der Waals surface area contributed by atoms with E-state index in [0.29, 0.717) is 12.2 Å². The smallest absolute Gasteiger partial charge is 0.276 e. The summed E-state index contributed by atoms with van der Waals surface area (Å²) in [6, 6.07) is 6.10. The fraction of sp³-hybridized carbons (Fsp3) is 0.375. The van der Waals surface area contributed by atoms with Crippen LogP contribution in [0.25, 0.3) is 10.4 Å². The average Bonchev–Trinajstić information content (AvgIpc) is 3.11. The SMILES string of the molecule is CN(C)c1nc(C(=O)N2CCSC2(C)N)c(-c2ccc(F)cc2)s1. The largest absolute Gasteiger partial charge is 0.354 e. The molecular formula is C16H19FN4OS2. The van der Waals surface area contributed by atoms with E-state index in [-0.39, 0.29) is 11.7 Å². The highest BCUT2D eigenvalue weighted by atomic mass is 32.2. The van der Waals surface area contributed by atoms with E-state index < -0.39 is 4.99 Å². The second-order valence-electron chi connectivity index (χ2n) is 5.94. The second kappa shape index (κ2) is 6.34. The van der Waals surface area contributed by atoms with E-state index in [4.69, 9.17) is 5.73 Å². The molecule has 0 saturated carbocycles. The molecule has 1 aliphatic heterocycles. The first-order valence-electron chi connectivity index (χ1n) is 7.48. The van der Waals surface area contributed by atoms with Crippen molar-refractivity contribution in [3.05, 3.63) is 35.8 Å². The molecule has 0 spiro atoms. The number of hydrogen-bond donors (Lipinski definition) is 1. The first-order chi connectivity index (χ1) is 11.3. The normalized spacial score (nSPS) is 20.5. The van der Waals surface area contributed by atoms with E-state index in [1.807, 2.05) is 25.9 Å². The summed E-state index contributed by atoms with van der Waals surface area (Å²) >= 11 is 2.96. The van der Waals surface area contributed by atoms with Crippen LogP contribution in [0.3, 0.4) is 0 Å². The molecule has 1 atom stereocenters. The molecule has 1 aromatic heterocycles. The van der Waals surface area contributed by atoms with Gasteiger partial charge >= 0.3 is 0 Å². The molecule has 5 nitrogen and oxygen atoms in total. The highest BCUT2D eigenvalue weighted by molar-refractivity contribution is 8.00. The fourth-order valence-electron chi connectivity index (χ4n) is 2.52. The van der Waals surface area contributed by atoms with Crippen LogP contribution in [0.2, 0.25) is 0 Å². The number of thioether (sulfide) groups is 1. The van der Waals surface area contributed by atoms with Gasteiger partial charge in [0.05, 0.1) is 4.88 Å². The van der Waals surface area contributed by atoms with Crippen LogP contribution >= 0.6 is 23.1 Å². The lowest BCUT2D eigenvalue weighted by molar-refractivity contribution is 0.0693. The molecule has 1 saturated heterocycles. The van der Waals surface area contributed by atoms with Crippen molar-refractivity contribution in [3.63, 3.8) is 0 Å². The fourth-order valence-corrected chi connectivity index (χ4v) is 4.52. The summed E-state index contributed by atoms with van der Waals surface area (Å²) in [4.78, 5) is 21.1. The Morgan fingerprint density at radius 2 is 2.04 bits per heavy atom. The number of carbonyl (C=O) groups excluding carboxylic acids is 1. The molecule has 2 aromatic rings. The number of thiazole rings is 1. The summed E-state index contributed by atoms with van der Waals surface area (Å²) < 4.78 is 13.2. The Morgan fingerprint density at radius 1 is 1.38 bits per heavy atom. The van der Waals surface area contributed by atoms with Crippen molar-refractivity contribution in [2.45, 2.75) is 11.9 Å². The highest BCUT2D eigenvalue weighted by Gasteiger charge is 2.39. The minimum Gasteiger partial charge on any atom is -0.354 e. The van der Waals surface area contributed by atoms with Gasteiger partial charge in [0, 0.05) is 26.4 Å². The number of carbonyl (C=O) groups is 1. The van der Waals surface area contributed by atoms with E-state index in [1.165, 1.54) is 23.5 Å². The highest BCUT2D eigenvalue weighted by Crippen LogP contribution is 2.38. The molecule has 1 aromatic carbocycles. The molecule has 1 aliphatic rings. The lowest BCUT2D eigenvalue weighted by Gasteiger charge is -2.29. The average molecular weight is 366 g/mol. The van der Waals surface area contributed by atoms with Crippen molar-refractivity contribution < 1.29 is 9.18 Å². The number of aromatic nitrogens is 1. The molecule has 3 rings (SSSR count). The monoisotopic (exact) mass is 366 g/mol. The Hall–Kier alpha value is -1.64. The maximum Gasteiger partial charge on any atom is 0.276 e. The van der Waals surface area contributed by atoms with Gasteiger partial charge in [-0.25, -0.2) is 9.37 Å². The van der Waals surface area contributed by atoms with Gasteiger partial charge in [0.1, 0.15) is 16.5 Å². The molecule has 0 bridgehead atoms.